The minimum Gasteiger partial charge on any atom is -0.444 e. The Morgan fingerprint density at radius 1 is 1.36 bits per heavy atom. The summed E-state index contributed by atoms with van der Waals surface area (Å²) in [5.74, 6) is -1.37. The molecule has 1 amide bonds. The maximum Gasteiger partial charge on any atom is 0.410 e. The highest BCUT2D eigenvalue weighted by atomic mass is 127. The van der Waals surface area contributed by atoms with Crippen molar-refractivity contribution in [2.24, 2.45) is 0 Å². The number of halogens is 3. The number of morpholine rings is 1. The molecular formula is C15H18F2INO3. The number of rotatable bonds is 1. The van der Waals surface area contributed by atoms with Gasteiger partial charge in [-0.3, -0.25) is 4.90 Å². The summed E-state index contributed by atoms with van der Waals surface area (Å²) >= 11 is 1.84. The summed E-state index contributed by atoms with van der Waals surface area (Å²) < 4.78 is 39.5. The molecule has 0 spiro atoms. The van der Waals surface area contributed by atoms with E-state index in [9.17, 15) is 13.6 Å². The van der Waals surface area contributed by atoms with Gasteiger partial charge in [-0.05, 0) is 55.5 Å². The lowest BCUT2D eigenvalue weighted by Gasteiger charge is -2.37. The molecule has 0 bridgehead atoms. The Kier molecular flexibility index (Phi) is 5.26. The highest BCUT2D eigenvalue weighted by Gasteiger charge is 2.35. The van der Waals surface area contributed by atoms with Crippen LogP contribution in [0.5, 0.6) is 0 Å². The van der Waals surface area contributed by atoms with E-state index in [1.54, 1.807) is 20.8 Å². The van der Waals surface area contributed by atoms with E-state index in [1.165, 1.54) is 17.0 Å². The Labute approximate surface area is 141 Å². The van der Waals surface area contributed by atoms with Crippen LogP contribution in [0.3, 0.4) is 0 Å². The third-order valence-corrected chi connectivity index (χ3v) is 3.76. The summed E-state index contributed by atoms with van der Waals surface area (Å²) in [6, 6.07) is 1.64. The largest absolute Gasteiger partial charge is 0.444 e. The van der Waals surface area contributed by atoms with Crippen LogP contribution in [0, 0.1) is 15.2 Å². The average molecular weight is 425 g/mol. The quantitative estimate of drug-likeness (QED) is 0.642. The van der Waals surface area contributed by atoms with Crippen molar-refractivity contribution in [3.63, 3.8) is 0 Å². The molecule has 1 aliphatic rings. The number of carbonyl (C=O) groups excluding carboxylic acids is 1. The van der Waals surface area contributed by atoms with Gasteiger partial charge < -0.3 is 9.47 Å². The van der Waals surface area contributed by atoms with E-state index in [2.05, 4.69) is 0 Å². The molecule has 1 saturated heterocycles. The first-order valence-corrected chi connectivity index (χ1v) is 7.99. The van der Waals surface area contributed by atoms with Crippen molar-refractivity contribution in [2.45, 2.75) is 32.4 Å². The van der Waals surface area contributed by atoms with Crippen LogP contribution in [-0.2, 0) is 9.47 Å². The minimum absolute atomic E-state index is 0.0354. The zero-order valence-electron chi connectivity index (χ0n) is 12.7. The van der Waals surface area contributed by atoms with Crippen LogP contribution in [0.25, 0.3) is 0 Å². The molecule has 1 fully saturated rings. The van der Waals surface area contributed by atoms with Crippen molar-refractivity contribution >= 4 is 28.7 Å². The highest BCUT2D eigenvalue weighted by molar-refractivity contribution is 14.1. The van der Waals surface area contributed by atoms with Crippen LogP contribution in [0.1, 0.15) is 32.4 Å². The van der Waals surface area contributed by atoms with E-state index in [-0.39, 0.29) is 18.7 Å². The van der Waals surface area contributed by atoms with E-state index >= 15 is 0 Å². The first-order chi connectivity index (χ1) is 10.2. The van der Waals surface area contributed by atoms with Crippen LogP contribution in [0.2, 0.25) is 0 Å². The molecule has 1 unspecified atom stereocenters. The number of carbonyl (C=O) groups is 1. The normalized spacial score (nSPS) is 19.2. The lowest BCUT2D eigenvalue weighted by molar-refractivity contribution is -0.0345. The Balaban J connectivity index is 2.33. The van der Waals surface area contributed by atoms with Gasteiger partial charge in [-0.1, -0.05) is 0 Å². The molecule has 1 heterocycles. The average Bonchev–Trinajstić information content (AvgIpc) is 2.36. The molecule has 7 heteroatoms. The van der Waals surface area contributed by atoms with Crippen LogP contribution >= 0.6 is 22.6 Å². The molecule has 0 aromatic heterocycles. The number of hydrogen-bond donors (Lipinski definition) is 0. The molecule has 2 rings (SSSR count). The fourth-order valence-electron chi connectivity index (χ4n) is 2.25. The summed E-state index contributed by atoms with van der Waals surface area (Å²) in [5.41, 5.74) is -0.839. The molecule has 0 saturated carbocycles. The van der Waals surface area contributed by atoms with Crippen molar-refractivity contribution in [2.75, 3.05) is 19.8 Å². The lowest BCUT2D eigenvalue weighted by atomic mass is 10.0. The van der Waals surface area contributed by atoms with E-state index in [1.807, 2.05) is 22.6 Å². The van der Waals surface area contributed by atoms with E-state index in [0.29, 0.717) is 10.2 Å². The lowest BCUT2D eigenvalue weighted by Crippen LogP contribution is -2.46. The predicted octanol–water partition coefficient (Wildman–Crippen LogP) is 3.88. The molecule has 1 atom stereocenters. The fraction of sp³-hybridized carbons (Fsp3) is 0.533. The van der Waals surface area contributed by atoms with Crippen molar-refractivity contribution in [3.8, 4) is 0 Å². The topological polar surface area (TPSA) is 38.8 Å². The minimum atomic E-state index is -0.833. The van der Waals surface area contributed by atoms with Gasteiger partial charge in [0.1, 0.15) is 17.2 Å². The van der Waals surface area contributed by atoms with Crippen molar-refractivity contribution in [1.29, 1.82) is 0 Å². The summed E-state index contributed by atoms with van der Waals surface area (Å²) in [6.45, 7) is 5.80. The molecule has 4 nitrogen and oxygen atoms in total. The summed E-state index contributed by atoms with van der Waals surface area (Å²) in [7, 11) is 0. The van der Waals surface area contributed by atoms with Gasteiger partial charge in [0.2, 0.25) is 0 Å². The monoisotopic (exact) mass is 425 g/mol. The molecule has 0 radical (unpaired) electrons. The maximum atomic E-state index is 14.2. The number of amides is 1. The second kappa shape index (κ2) is 6.66. The number of nitrogens with zero attached hydrogens (tertiary/aromatic N) is 1. The summed E-state index contributed by atoms with van der Waals surface area (Å²) in [5, 5.41) is 0. The number of benzene rings is 1. The second-order valence-electron chi connectivity index (χ2n) is 6.05. The van der Waals surface area contributed by atoms with E-state index < -0.39 is 29.4 Å². The van der Waals surface area contributed by atoms with Crippen LogP contribution < -0.4 is 0 Å². The highest BCUT2D eigenvalue weighted by Crippen LogP contribution is 2.31. The number of hydrogen-bond acceptors (Lipinski definition) is 3. The zero-order chi connectivity index (χ0) is 16.5. The maximum absolute atomic E-state index is 14.2. The van der Waals surface area contributed by atoms with Gasteiger partial charge in [-0.25, -0.2) is 13.6 Å². The van der Waals surface area contributed by atoms with Gasteiger partial charge in [0.05, 0.1) is 19.3 Å². The third kappa shape index (κ3) is 4.07. The van der Waals surface area contributed by atoms with Crippen molar-refractivity contribution in [3.05, 3.63) is 32.9 Å². The smallest absolute Gasteiger partial charge is 0.410 e. The Morgan fingerprint density at radius 3 is 2.50 bits per heavy atom. The first-order valence-electron chi connectivity index (χ1n) is 6.91. The third-order valence-electron chi connectivity index (χ3n) is 3.13. The molecular weight excluding hydrogens is 407 g/mol. The Bertz CT molecular complexity index is 551. The van der Waals surface area contributed by atoms with Crippen LogP contribution in [-0.4, -0.2) is 36.4 Å². The van der Waals surface area contributed by atoms with Gasteiger partial charge in [0.25, 0.3) is 0 Å². The van der Waals surface area contributed by atoms with Crippen molar-refractivity contribution in [1.82, 2.24) is 4.90 Å². The van der Waals surface area contributed by atoms with E-state index in [0.717, 1.165) is 0 Å². The number of ether oxygens (including phenoxy) is 2. The van der Waals surface area contributed by atoms with E-state index in [4.69, 9.17) is 9.47 Å². The van der Waals surface area contributed by atoms with Gasteiger partial charge in [0, 0.05) is 15.7 Å². The second-order valence-corrected chi connectivity index (χ2v) is 7.29. The SMILES string of the molecule is CC(C)(C)OC(=O)N1CCOCC1c1c(F)cc(I)cc1F. The van der Waals surface area contributed by atoms with Gasteiger partial charge >= 0.3 is 6.09 Å². The first kappa shape index (κ1) is 17.4. The molecule has 22 heavy (non-hydrogen) atoms. The molecule has 122 valence electrons. The summed E-state index contributed by atoms with van der Waals surface area (Å²) in [6.07, 6.45) is -0.599. The van der Waals surface area contributed by atoms with Gasteiger partial charge in [-0.15, -0.1) is 0 Å². The van der Waals surface area contributed by atoms with Crippen LogP contribution in [0.4, 0.5) is 13.6 Å². The molecule has 0 N–H and O–H groups in total. The zero-order valence-corrected chi connectivity index (χ0v) is 14.8. The molecule has 1 aromatic carbocycles. The molecule has 1 aromatic rings. The summed E-state index contributed by atoms with van der Waals surface area (Å²) in [4.78, 5) is 13.6. The molecule has 1 aliphatic heterocycles. The Morgan fingerprint density at radius 2 is 1.95 bits per heavy atom. The van der Waals surface area contributed by atoms with Gasteiger partial charge in [-0.2, -0.15) is 0 Å². The fourth-order valence-corrected chi connectivity index (χ4v) is 2.80. The molecule has 0 aliphatic carbocycles. The standard InChI is InChI=1S/C15H18F2INO3/c1-15(2,3)22-14(20)19-4-5-21-8-12(19)13-10(16)6-9(18)7-11(13)17/h6-7,12H,4-5,8H2,1-3H3. The van der Waals surface area contributed by atoms with Crippen molar-refractivity contribution < 1.29 is 23.0 Å². The van der Waals surface area contributed by atoms with Gasteiger partial charge in [0.15, 0.2) is 0 Å². The Hall–Kier alpha value is -0.960. The van der Waals surface area contributed by atoms with Crippen LogP contribution in [0.15, 0.2) is 12.1 Å². The predicted molar refractivity (Wildman–Crippen MR) is 85.6 cm³/mol.